The number of aromatic amines is 1. The van der Waals surface area contributed by atoms with E-state index < -0.39 is 0 Å². The Bertz CT molecular complexity index is 733. The number of H-pyrrole nitrogens is 1. The van der Waals surface area contributed by atoms with Gasteiger partial charge in [-0.1, -0.05) is 12.1 Å². The molecule has 1 unspecified atom stereocenters. The molecule has 0 saturated carbocycles. The second-order valence-corrected chi connectivity index (χ2v) is 7.48. The maximum absolute atomic E-state index is 4.83. The van der Waals surface area contributed by atoms with E-state index in [1.165, 1.54) is 41.4 Å². The predicted octanol–water partition coefficient (Wildman–Crippen LogP) is 2.92. The van der Waals surface area contributed by atoms with Gasteiger partial charge in [0, 0.05) is 43.3 Å². The first kappa shape index (κ1) is 18.8. The lowest BCUT2D eigenvalue weighted by Crippen LogP contribution is -2.39. The van der Waals surface area contributed by atoms with Crippen LogP contribution in [0.5, 0.6) is 0 Å². The van der Waals surface area contributed by atoms with Crippen LogP contribution < -0.4 is 10.6 Å². The number of hydrogen-bond donors (Lipinski definition) is 3. The van der Waals surface area contributed by atoms with Crippen molar-refractivity contribution in [2.24, 2.45) is 10.9 Å². The summed E-state index contributed by atoms with van der Waals surface area (Å²) in [6.45, 7) is 9.38. The molecule has 3 rings (SSSR count). The number of nitrogens with one attached hydrogen (secondary N) is 3. The van der Waals surface area contributed by atoms with Gasteiger partial charge in [0.2, 0.25) is 0 Å². The van der Waals surface area contributed by atoms with Gasteiger partial charge in [-0.15, -0.1) is 0 Å². The van der Waals surface area contributed by atoms with Crippen LogP contribution in [0.3, 0.4) is 0 Å². The van der Waals surface area contributed by atoms with Gasteiger partial charge in [0.25, 0.3) is 0 Å². The maximum atomic E-state index is 4.83. The fourth-order valence-corrected chi connectivity index (χ4v) is 3.95. The Balaban J connectivity index is 1.55. The van der Waals surface area contributed by atoms with Gasteiger partial charge in [-0.3, -0.25) is 4.99 Å². The van der Waals surface area contributed by atoms with Gasteiger partial charge < -0.3 is 20.5 Å². The third kappa shape index (κ3) is 4.79. The highest BCUT2D eigenvalue weighted by Gasteiger charge is 2.16. The van der Waals surface area contributed by atoms with Crippen molar-refractivity contribution in [2.45, 2.75) is 33.1 Å². The zero-order chi connectivity index (χ0) is 18.4. The summed E-state index contributed by atoms with van der Waals surface area (Å²) in [5.41, 5.74) is 3.93. The highest BCUT2D eigenvalue weighted by atomic mass is 15.2. The highest BCUT2D eigenvalue weighted by Crippen LogP contribution is 2.22. The van der Waals surface area contributed by atoms with Crippen LogP contribution in [0.1, 0.15) is 30.9 Å². The molecule has 2 aromatic rings. The average molecular weight is 356 g/mol. The summed E-state index contributed by atoms with van der Waals surface area (Å²) >= 11 is 0. The van der Waals surface area contributed by atoms with Gasteiger partial charge in [-0.2, -0.15) is 0 Å². The minimum absolute atomic E-state index is 0.681. The summed E-state index contributed by atoms with van der Waals surface area (Å²) < 4.78 is 0. The number of aliphatic imine (C=N–C) groups is 1. The first-order valence-corrected chi connectivity index (χ1v) is 9.93. The molecule has 1 aromatic carbocycles. The Hall–Kier alpha value is -2.01. The molecule has 5 heteroatoms. The van der Waals surface area contributed by atoms with Crippen LogP contribution in [0.4, 0.5) is 0 Å². The lowest BCUT2D eigenvalue weighted by Gasteiger charge is -2.28. The van der Waals surface area contributed by atoms with E-state index in [1.54, 1.807) is 0 Å². The molecule has 0 aliphatic carbocycles. The zero-order valence-corrected chi connectivity index (χ0v) is 16.4. The summed E-state index contributed by atoms with van der Waals surface area (Å²) in [5.74, 6) is 1.62. The van der Waals surface area contributed by atoms with Crippen LogP contribution in [0.15, 0.2) is 29.4 Å². The third-order valence-electron chi connectivity index (χ3n) is 5.26. The number of rotatable bonds is 6. The summed E-state index contributed by atoms with van der Waals surface area (Å²) in [7, 11) is 2.21. The van der Waals surface area contributed by atoms with Crippen LogP contribution in [0.25, 0.3) is 10.9 Å². The number of piperidine rings is 1. The standard InChI is InChI=1S/C21H33N5/c1-4-22-21(25-13-17-8-6-12-26(3)15-17)23-11-10-18-14-24-19-9-5-7-16(2)20(18)19/h5,7,9,14,17,24H,4,6,8,10-13,15H2,1-3H3,(H2,22,23,25). The molecule has 1 atom stereocenters. The van der Waals surface area contributed by atoms with Crippen LogP contribution in [0, 0.1) is 12.8 Å². The van der Waals surface area contributed by atoms with E-state index in [1.807, 2.05) is 0 Å². The molecule has 2 heterocycles. The molecule has 0 bridgehead atoms. The van der Waals surface area contributed by atoms with Gasteiger partial charge in [0.15, 0.2) is 5.96 Å². The van der Waals surface area contributed by atoms with Crippen molar-refractivity contribution in [2.75, 3.05) is 39.8 Å². The fourth-order valence-electron chi connectivity index (χ4n) is 3.95. The van der Waals surface area contributed by atoms with Gasteiger partial charge >= 0.3 is 0 Å². The van der Waals surface area contributed by atoms with E-state index in [-0.39, 0.29) is 0 Å². The molecule has 5 nitrogen and oxygen atoms in total. The van der Waals surface area contributed by atoms with Gasteiger partial charge in [-0.05, 0) is 69.8 Å². The minimum Gasteiger partial charge on any atom is -0.361 e. The second-order valence-electron chi connectivity index (χ2n) is 7.48. The minimum atomic E-state index is 0.681. The van der Waals surface area contributed by atoms with Crippen LogP contribution in [-0.2, 0) is 6.42 Å². The highest BCUT2D eigenvalue weighted by molar-refractivity contribution is 5.86. The summed E-state index contributed by atoms with van der Waals surface area (Å²) in [5, 5.41) is 8.25. The molecular weight excluding hydrogens is 322 g/mol. The lowest BCUT2D eigenvalue weighted by molar-refractivity contribution is 0.214. The number of guanidine groups is 1. The number of benzene rings is 1. The van der Waals surface area contributed by atoms with Crippen molar-refractivity contribution < 1.29 is 0 Å². The van der Waals surface area contributed by atoms with Crippen molar-refractivity contribution in [1.82, 2.24) is 20.5 Å². The molecule has 1 aliphatic heterocycles. The van der Waals surface area contributed by atoms with Gasteiger partial charge in [-0.25, -0.2) is 0 Å². The van der Waals surface area contributed by atoms with E-state index >= 15 is 0 Å². The molecule has 26 heavy (non-hydrogen) atoms. The largest absolute Gasteiger partial charge is 0.361 e. The van der Waals surface area contributed by atoms with E-state index in [0.29, 0.717) is 5.92 Å². The number of nitrogens with zero attached hydrogens (tertiary/aromatic N) is 2. The van der Waals surface area contributed by atoms with E-state index in [4.69, 9.17) is 4.99 Å². The first-order chi connectivity index (χ1) is 12.7. The third-order valence-corrected chi connectivity index (χ3v) is 5.26. The fraction of sp³-hybridized carbons (Fsp3) is 0.571. The van der Waals surface area contributed by atoms with Crippen molar-refractivity contribution in [3.05, 3.63) is 35.5 Å². The van der Waals surface area contributed by atoms with Crippen LogP contribution >= 0.6 is 0 Å². The SMILES string of the molecule is CCNC(=NCC1CCCN(C)C1)NCCc1c[nH]c2cccc(C)c12. The smallest absolute Gasteiger partial charge is 0.191 e. The topological polar surface area (TPSA) is 55.5 Å². The average Bonchev–Trinajstić information content (AvgIpc) is 3.04. The summed E-state index contributed by atoms with van der Waals surface area (Å²) in [6.07, 6.45) is 5.71. The molecule has 142 valence electrons. The quantitative estimate of drug-likeness (QED) is 0.552. The van der Waals surface area contributed by atoms with Crippen LogP contribution in [0.2, 0.25) is 0 Å². The number of aryl methyl sites for hydroxylation is 1. The summed E-state index contributed by atoms with van der Waals surface area (Å²) in [4.78, 5) is 10.6. The summed E-state index contributed by atoms with van der Waals surface area (Å²) in [6, 6.07) is 6.43. The molecule has 0 spiro atoms. The maximum Gasteiger partial charge on any atom is 0.191 e. The van der Waals surface area contributed by atoms with E-state index in [2.05, 4.69) is 65.8 Å². The van der Waals surface area contributed by atoms with E-state index in [9.17, 15) is 0 Å². The predicted molar refractivity (Wildman–Crippen MR) is 111 cm³/mol. The number of likely N-dealkylation sites (tertiary alicyclic amines) is 1. The lowest BCUT2D eigenvalue weighted by atomic mass is 9.99. The van der Waals surface area contributed by atoms with Crippen molar-refractivity contribution in [1.29, 1.82) is 0 Å². The molecular formula is C21H33N5. The van der Waals surface area contributed by atoms with Crippen molar-refractivity contribution >= 4 is 16.9 Å². The normalized spacial score (nSPS) is 19.0. The molecule has 3 N–H and O–H groups in total. The van der Waals surface area contributed by atoms with E-state index in [0.717, 1.165) is 38.6 Å². The number of fused-ring (bicyclic) bond motifs is 1. The Kier molecular flexibility index (Phi) is 6.56. The molecule has 1 saturated heterocycles. The van der Waals surface area contributed by atoms with Crippen molar-refractivity contribution in [3.8, 4) is 0 Å². The first-order valence-electron chi connectivity index (χ1n) is 9.93. The number of aromatic nitrogens is 1. The molecule has 1 fully saturated rings. The monoisotopic (exact) mass is 355 g/mol. The Morgan fingerprint density at radius 1 is 1.35 bits per heavy atom. The molecule has 0 radical (unpaired) electrons. The second kappa shape index (κ2) is 9.08. The van der Waals surface area contributed by atoms with Gasteiger partial charge in [0.05, 0.1) is 0 Å². The Morgan fingerprint density at radius 3 is 3.04 bits per heavy atom. The molecule has 1 aromatic heterocycles. The van der Waals surface area contributed by atoms with Gasteiger partial charge in [0.1, 0.15) is 0 Å². The van der Waals surface area contributed by atoms with Crippen LogP contribution in [-0.4, -0.2) is 55.6 Å². The Morgan fingerprint density at radius 2 is 2.23 bits per heavy atom. The number of hydrogen-bond acceptors (Lipinski definition) is 2. The zero-order valence-electron chi connectivity index (χ0n) is 16.4. The Labute approximate surface area is 157 Å². The molecule has 0 amide bonds. The van der Waals surface area contributed by atoms with Crippen molar-refractivity contribution in [3.63, 3.8) is 0 Å². The molecule has 1 aliphatic rings.